The van der Waals surface area contributed by atoms with Crippen molar-refractivity contribution < 1.29 is 4.84 Å². The van der Waals surface area contributed by atoms with E-state index in [2.05, 4.69) is 107 Å². The van der Waals surface area contributed by atoms with E-state index in [1.165, 1.54) is 35.2 Å². The maximum Gasteiger partial charge on any atom is 0.184 e. The van der Waals surface area contributed by atoms with Crippen molar-refractivity contribution in [3.8, 4) is 0 Å². The second-order valence-corrected chi connectivity index (χ2v) is 9.45. The number of hydroxylamine groups is 1. The van der Waals surface area contributed by atoms with Crippen molar-refractivity contribution in [1.29, 1.82) is 0 Å². The molecule has 2 aromatic rings. The van der Waals surface area contributed by atoms with E-state index < -0.39 is 5.54 Å². The largest absolute Gasteiger partial charge is 0.375 e. The van der Waals surface area contributed by atoms with Gasteiger partial charge in [-0.15, -0.1) is 0 Å². The minimum absolute atomic E-state index is 0.550. The molecule has 6 rings (SSSR count). The van der Waals surface area contributed by atoms with E-state index in [-0.39, 0.29) is 0 Å². The normalized spacial score (nSPS) is 24.4. The fourth-order valence-electron chi connectivity index (χ4n) is 5.79. The van der Waals surface area contributed by atoms with Crippen LogP contribution >= 0.6 is 0 Å². The lowest BCUT2D eigenvalue weighted by atomic mass is 9.76. The highest BCUT2D eigenvalue weighted by atomic mass is 16.7. The van der Waals surface area contributed by atoms with Gasteiger partial charge in [0.25, 0.3) is 0 Å². The minimum atomic E-state index is -0.550. The number of para-hydroxylation sites is 1. The quantitative estimate of drug-likeness (QED) is 0.481. The molecule has 34 heavy (non-hydrogen) atoms. The standard InChI is InChI=1S/C31H32N2O/c1-5-15-25(16-6-1)29-30(32-23-13-14-24-32)31(26-17-7-2-8-18-26,27-19-9-3-10-20-27)33(34-29)28-21-11-4-12-22-28/h2,4-5,7-9,11-12,15-22H,1,3,6,10,13-14,23-24H2. The zero-order valence-electron chi connectivity index (χ0n) is 19.7. The number of anilines is 1. The van der Waals surface area contributed by atoms with Crippen LogP contribution in [0.15, 0.2) is 120 Å². The van der Waals surface area contributed by atoms with Gasteiger partial charge < -0.3 is 9.74 Å². The van der Waals surface area contributed by atoms with Gasteiger partial charge in [0.2, 0.25) is 0 Å². The van der Waals surface area contributed by atoms with Gasteiger partial charge in [-0.3, -0.25) is 0 Å². The molecule has 0 spiro atoms. The van der Waals surface area contributed by atoms with E-state index in [1.807, 2.05) is 0 Å². The molecule has 0 radical (unpaired) electrons. The van der Waals surface area contributed by atoms with Crippen LogP contribution < -0.4 is 5.06 Å². The number of benzene rings is 2. The minimum Gasteiger partial charge on any atom is -0.375 e. The Morgan fingerprint density at radius 2 is 1.38 bits per heavy atom. The zero-order valence-corrected chi connectivity index (χ0v) is 19.7. The molecule has 1 saturated heterocycles. The molecule has 1 atom stereocenters. The van der Waals surface area contributed by atoms with Crippen LogP contribution in [0.3, 0.4) is 0 Å². The maximum absolute atomic E-state index is 7.01. The zero-order chi connectivity index (χ0) is 22.8. The van der Waals surface area contributed by atoms with Crippen molar-refractivity contribution in [2.45, 2.75) is 44.1 Å². The third-order valence-electron chi connectivity index (χ3n) is 7.32. The predicted molar refractivity (Wildman–Crippen MR) is 139 cm³/mol. The Morgan fingerprint density at radius 3 is 2.03 bits per heavy atom. The summed E-state index contributed by atoms with van der Waals surface area (Å²) in [6.45, 7) is 2.13. The molecular formula is C31H32N2O. The van der Waals surface area contributed by atoms with Gasteiger partial charge in [-0.1, -0.05) is 85.0 Å². The summed E-state index contributed by atoms with van der Waals surface area (Å²) in [5, 5.41) is 2.19. The van der Waals surface area contributed by atoms with Gasteiger partial charge in [-0.2, -0.15) is 5.06 Å². The van der Waals surface area contributed by atoms with Crippen molar-refractivity contribution in [3.63, 3.8) is 0 Å². The van der Waals surface area contributed by atoms with Crippen LogP contribution in [0, 0.1) is 0 Å². The van der Waals surface area contributed by atoms with Crippen molar-refractivity contribution in [2.75, 3.05) is 18.2 Å². The fourth-order valence-corrected chi connectivity index (χ4v) is 5.79. The summed E-state index contributed by atoms with van der Waals surface area (Å²) >= 11 is 0. The van der Waals surface area contributed by atoms with Crippen LogP contribution in [0.2, 0.25) is 0 Å². The Balaban J connectivity index is 1.68. The number of allylic oxidation sites excluding steroid dienone is 5. The second kappa shape index (κ2) is 9.06. The Bertz CT molecular complexity index is 1180. The van der Waals surface area contributed by atoms with E-state index in [1.54, 1.807) is 0 Å². The van der Waals surface area contributed by atoms with Gasteiger partial charge in [0.05, 0.1) is 11.4 Å². The monoisotopic (exact) mass is 448 g/mol. The molecule has 2 heterocycles. The average molecular weight is 449 g/mol. The van der Waals surface area contributed by atoms with Crippen molar-refractivity contribution in [3.05, 3.63) is 125 Å². The summed E-state index contributed by atoms with van der Waals surface area (Å²) in [5.41, 5.74) is 5.55. The Morgan fingerprint density at radius 1 is 0.706 bits per heavy atom. The lowest BCUT2D eigenvalue weighted by Crippen LogP contribution is -2.48. The lowest BCUT2D eigenvalue weighted by Gasteiger charge is -2.43. The number of hydrogen-bond donors (Lipinski definition) is 0. The highest BCUT2D eigenvalue weighted by molar-refractivity contribution is 5.66. The Kier molecular flexibility index (Phi) is 5.62. The van der Waals surface area contributed by atoms with Gasteiger partial charge in [-0.05, 0) is 61.8 Å². The summed E-state index contributed by atoms with van der Waals surface area (Å²) < 4.78 is 0. The van der Waals surface area contributed by atoms with E-state index in [0.29, 0.717) is 0 Å². The number of hydrogen-bond acceptors (Lipinski definition) is 3. The third kappa shape index (κ3) is 3.42. The lowest BCUT2D eigenvalue weighted by molar-refractivity contribution is 0.176. The Hall–Kier alpha value is -3.46. The van der Waals surface area contributed by atoms with Crippen LogP contribution in [0.5, 0.6) is 0 Å². The average Bonchev–Trinajstić information content (AvgIpc) is 3.57. The number of likely N-dealkylation sites (tertiary alicyclic amines) is 1. The van der Waals surface area contributed by atoms with E-state index in [0.717, 1.165) is 50.2 Å². The first kappa shape index (κ1) is 21.1. The van der Waals surface area contributed by atoms with E-state index >= 15 is 0 Å². The van der Waals surface area contributed by atoms with Gasteiger partial charge in [0, 0.05) is 18.7 Å². The molecule has 0 amide bonds. The number of rotatable bonds is 5. The highest BCUT2D eigenvalue weighted by Gasteiger charge is 2.56. The maximum atomic E-state index is 7.01. The highest BCUT2D eigenvalue weighted by Crippen LogP contribution is 2.55. The van der Waals surface area contributed by atoms with E-state index in [4.69, 9.17) is 4.84 Å². The second-order valence-electron chi connectivity index (χ2n) is 9.45. The first-order valence-corrected chi connectivity index (χ1v) is 12.7. The molecular weight excluding hydrogens is 416 g/mol. The smallest absolute Gasteiger partial charge is 0.184 e. The van der Waals surface area contributed by atoms with Crippen LogP contribution in [0.1, 0.15) is 44.1 Å². The first-order chi connectivity index (χ1) is 16.9. The summed E-state index contributed by atoms with van der Waals surface area (Å²) in [6, 6.07) is 21.6. The van der Waals surface area contributed by atoms with Crippen LogP contribution in [-0.4, -0.2) is 18.0 Å². The molecule has 0 bridgehead atoms. The summed E-state index contributed by atoms with van der Waals surface area (Å²) in [4.78, 5) is 9.61. The van der Waals surface area contributed by atoms with Crippen LogP contribution in [0.25, 0.3) is 0 Å². The molecule has 3 heteroatoms. The topological polar surface area (TPSA) is 15.7 Å². The molecule has 0 saturated carbocycles. The molecule has 0 aromatic heterocycles. The molecule has 2 aliphatic heterocycles. The van der Waals surface area contributed by atoms with Crippen molar-refractivity contribution in [2.24, 2.45) is 0 Å². The molecule has 1 unspecified atom stereocenters. The number of nitrogens with zero attached hydrogens (tertiary/aromatic N) is 2. The third-order valence-corrected chi connectivity index (χ3v) is 7.32. The molecule has 4 aliphatic rings. The van der Waals surface area contributed by atoms with Gasteiger partial charge >= 0.3 is 0 Å². The van der Waals surface area contributed by atoms with Crippen molar-refractivity contribution >= 4 is 5.69 Å². The van der Waals surface area contributed by atoms with E-state index in [9.17, 15) is 0 Å². The Labute approximate surface area is 203 Å². The van der Waals surface area contributed by atoms with Crippen LogP contribution in [0.4, 0.5) is 5.69 Å². The summed E-state index contributed by atoms with van der Waals surface area (Å²) in [7, 11) is 0. The fraction of sp³-hybridized carbons (Fsp3) is 0.290. The molecule has 3 nitrogen and oxygen atoms in total. The van der Waals surface area contributed by atoms with Crippen LogP contribution in [-0.2, 0) is 10.4 Å². The predicted octanol–water partition coefficient (Wildman–Crippen LogP) is 7.19. The molecule has 172 valence electrons. The van der Waals surface area contributed by atoms with Gasteiger partial charge in [0.15, 0.2) is 11.3 Å². The summed E-state index contributed by atoms with van der Waals surface area (Å²) in [5.74, 6) is 1.01. The SMILES string of the molecule is C1=CC(C2=C(N3CCCC3)C(C3=CCCC=C3)(c3ccccc3)N(c3ccccc3)O2)=CCC1. The van der Waals surface area contributed by atoms with Gasteiger partial charge in [0.1, 0.15) is 0 Å². The molecule has 1 fully saturated rings. The molecule has 2 aliphatic carbocycles. The summed E-state index contributed by atoms with van der Waals surface area (Å²) in [6.07, 6.45) is 20.7. The molecule has 2 aromatic carbocycles. The van der Waals surface area contributed by atoms with Crippen molar-refractivity contribution in [1.82, 2.24) is 4.90 Å². The molecule has 0 N–H and O–H groups in total. The first-order valence-electron chi connectivity index (χ1n) is 12.7. The van der Waals surface area contributed by atoms with Gasteiger partial charge in [-0.25, -0.2) is 0 Å².